The molecule has 1 aromatic rings. The van der Waals surface area contributed by atoms with Crippen LogP contribution in [0.5, 0.6) is 0 Å². The SMILES string of the molecule is C=CCN(C)c1ncc(CNC2CC2)c(C)n1. The Labute approximate surface area is 103 Å². The normalized spacial score (nSPS) is 14.7. The predicted octanol–water partition coefficient (Wildman–Crippen LogP) is 1.66. The number of nitrogens with zero attached hydrogens (tertiary/aromatic N) is 3. The Morgan fingerprint density at radius 2 is 2.35 bits per heavy atom. The lowest BCUT2D eigenvalue weighted by molar-refractivity contribution is 0.679. The van der Waals surface area contributed by atoms with Gasteiger partial charge in [0.1, 0.15) is 0 Å². The van der Waals surface area contributed by atoms with Crippen LogP contribution in [0.25, 0.3) is 0 Å². The number of anilines is 1. The maximum Gasteiger partial charge on any atom is 0.225 e. The summed E-state index contributed by atoms with van der Waals surface area (Å²) in [5.41, 5.74) is 2.24. The van der Waals surface area contributed by atoms with E-state index in [4.69, 9.17) is 0 Å². The first kappa shape index (κ1) is 12.0. The first-order valence-corrected chi connectivity index (χ1v) is 6.08. The smallest absolute Gasteiger partial charge is 0.225 e. The zero-order chi connectivity index (χ0) is 12.3. The van der Waals surface area contributed by atoms with Gasteiger partial charge in [0.05, 0.1) is 0 Å². The summed E-state index contributed by atoms with van der Waals surface area (Å²) in [6, 6.07) is 0.720. The lowest BCUT2D eigenvalue weighted by Crippen LogP contribution is -2.21. The Kier molecular flexibility index (Phi) is 3.74. The Morgan fingerprint density at radius 1 is 1.59 bits per heavy atom. The fourth-order valence-corrected chi connectivity index (χ4v) is 1.65. The summed E-state index contributed by atoms with van der Waals surface area (Å²) in [5, 5.41) is 3.48. The van der Waals surface area contributed by atoms with E-state index in [0.717, 1.165) is 30.8 Å². The van der Waals surface area contributed by atoms with Crippen LogP contribution in [-0.2, 0) is 6.54 Å². The summed E-state index contributed by atoms with van der Waals surface area (Å²) in [4.78, 5) is 10.9. The average molecular weight is 232 g/mol. The highest BCUT2D eigenvalue weighted by Gasteiger charge is 2.20. The van der Waals surface area contributed by atoms with Crippen molar-refractivity contribution in [2.24, 2.45) is 0 Å². The molecule has 0 aliphatic heterocycles. The third-order valence-electron chi connectivity index (χ3n) is 2.97. The highest BCUT2D eigenvalue weighted by Crippen LogP contribution is 2.19. The molecule has 0 spiro atoms. The minimum Gasteiger partial charge on any atom is -0.340 e. The highest BCUT2D eigenvalue weighted by molar-refractivity contribution is 5.32. The van der Waals surface area contributed by atoms with Gasteiger partial charge < -0.3 is 10.2 Å². The molecule has 2 rings (SSSR count). The van der Waals surface area contributed by atoms with E-state index in [9.17, 15) is 0 Å². The van der Waals surface area contributed by atoms with Gasteiger partial charge >= 0.3 is 0 Å². The van der Waals surface area contributed by atoms with Gasteiger partial charge in [-0.25, -0.2) is 9.97 Å². The molecular weight excluding hydrogens is 212 g/mol. The van der Waals surface area contributed by atoms with Crippen LogP contribution in [0.4, 0.5) is 5.95 Å². The van der Waals surface area contributed by atoms with Gasteiger partial charge in [0.2, 0.25) is 5.95 Å². The topological polar surface area (TPSA) is 41.1 Å². The van der Waals surface area contributed by atoms with Gasteiger partial charge in [0.15, 0.2) is 0 Å². The van der Waals surface area contributed by atoms with Crippen LogP contribution >= 0.6 is 0 Å². The second kappa shape index (κ2) is 5.27. The largest absolute Gasteiger partial charge is 0.340 e. The molecule has 17 heavy (non-hydrogen) atoms. The maximum absolute atomic E-state index is 4.52. The van der Waals surface area contributed by atoms with Crippen molar-refractivity contribution < 1.29 is 0 Å². The zero-order valence-corrected chi connectivity index (χ0v) is 10.6. The van der Waals surface area contributed by atoms with Crippen LogP contribution in [0, 0.1) is 6.92 Å². The molecular formula is C13H20N4. The number of aryl methyl sites for hydroxylation is 1. The van der Waals surface area contributed by atoms with Crippen LogP contribution in [0.1, 0.15) is 24.1 Å². The van der Waals surface area contributed by atoms with Gasteiger partial charge in [-0.3, -0.25) is 0 Å². The average Bonchev–Trinajstić information content (AvgIpc) is 3.11. The Bertz CT molecular complexity index is 398. The van der Waals surface area contributed by atoms with Crippen LogP contribution in [0.3, 0.4) is 0 Å². The molecule has 1 fully saturated rings. The van der Waals surface area contributed by atoms with Crippen molar-refractivity contribution in [1.82, 2.24) is 15.3 Å². The molecule has 1 aliphatic rings. The van der Waals surface area contributed by atoms with E-state index in [1.54, 1.807) is 0 Å². The van der Waals surface area contributed by atoms with Gasteiger partial charge in [0.25, 0.3) is 0 Å². The third-order valence-corrected chi connectivity index (χ3v) is 2.97. The van der Waals surface area contributed by atoms with Gasteiger partial charge in [0, 0.05) is 43.6 Å². The molecule has 0 saturated heterocycles. The summed E-state index contributed by atoms with van der Waals surface area (Å²) >= 11 is 0. The summed E-state index contributed by atoms with van der Waals surface area (Å²) < 4.78 is 0. The van der Waals surface area contributed by atoms with Crippen molar-refractivity contribution in [2.45, 2.75) is 32.4 Å². The Morgan fingerprint density at radius 3 is 2.94 bits per heavy atom. The first-order chi connectivity index (χ1) is 8.20. The summed E-state index contributed by atoms with van der Waals surface area (Å²) in [7, 11) is 1.97. The standard InChI is InChI=1S/C13H20N4/c1-4-7-17(3)13-15-9-11(10(2)16-13)8-14-12-5-6-12/h4,9,12,14H,1,5-8H2,2-3H3. The number of aromatic nitrogens is 2. The fraction of sp³-hybridized carbons (Fsp3) is 0.538. The second-order valence-corrected chi connectivity index (χ2v) is 4.61. The van der Waals surface area contributed by atoms with Crippen LogP contribution in [0.15, 0.2) is 18.9 Å². The van der Waals surface area contributed by atoms with Crippen LogP contribution in [0.2, 0.25) is 0 Å². The van der Waals surface area contributed by atoms with Crippen molar-refractivity contribution in [3.8, 4) is 0 Å². The molecule has 4 nitrogen and oxygen atoms in total. The van der Waals surface area contributed by atoms with E-state index in [0.29, 0.717) is 0 Å². The molecule has 1 aliphatic carbocycles. The Balaban J connectivity index is 2.01. The van der Waals surface area contributed by atoms with Gasteiger partial charge in [-0.05, 0) is 19.8 Å². The molecule has 0 unspecified atom stereocenters. The first-order valence-electron chi connectivity index (χ1n) is 6.08. The van der Waals surface area contributed by atoms with Crippen molar-refractivity contribution in [3.05, 3.63) is 30.1 Å². The quantitative estimate of drug-likeness (QED) is 0.757. The lowest BCUT2D eigenvalue weighted by Gasteiger charge is -2.16. The molecule has 4 heteroatoms. The minimum absolute atomic E-state index is 0.720. The molecule has 1 N–H and O–H groups in total. The predicted molar refractivity (Wildman–Crippen MR) is 70.1 cm³/mol. The molecule has 92 valence electrons. The number of hydrogen-bond acceptors (Lipinski definition) is 4. The highest BCUT2D eigenvalue weighted by atomic mass is 15.2. The molecule has 0 amide bonds. The summed E-state index contributed by atoms with van der Waals surface area (Å²) in [5.74, 6) is 0.762. The zero-order valence-electron chi connectivity index (χ0n) is 10.6. The van der Waals surface area contributed by atoms with Gasteiger partial charge in [-0.15, -0.1) is 6.58 Å². The Hall–Kier alpha value is -1.42. The van der Waals surface area contributed by atoms with Crippen LogP contribution in [-0.4, -0.2) is 29.6 Å². The minimum atomic E-state index is 0.720. The molecule has 1 heterocycles. The van der Waals surface area contributed by atoms with Crippen molar-refractivity contribution in [3.63, 3.8) is 0 Å². The number of nitrogens with one attached hydrogen (secondary N) is 1. The summed E-state index contributed by atoms with van der Waals surface area (Å²) in [6.45, 7) is 7.39. The molecule has 0 bridgehead atoms. The number of hydrogen-bond donors (Lipinski definition) is 1. The second-order valence-electron chi connectivity index (χ2n) is 4.61. The summed E-state index contributed by atoms with van der Waals surface area (Å²) in [6.07, 6.45) is 6.38. The molecule has 0 radical (unpaired) electrons. The van der Waals surface area contributed by atoms with Gasteiger partial charge in [-0.2, -0.15) is 0 Å². The molecule has 0 atom stereocenters. The van der Waals surface area contributed by atoms with E-state index in [1.807, 2.05) is 31.1 Å². The van der Waals surface area contributed by atoms with E-state index in [-0.39, 0.29) is 0 Å². The van der Waals surface area contributed by atoms with Crippen molar-refractivity contribution in [2.75, 3.05) is 18.5 Å². The van der Waals surface area contributed by atoms with Crippen molar-refractivity contribution in [1.29, 1.82) is 0 Å². The molecule has 1 saturated carbocycles. The lowest BCUT2D eigenvalue weighted by atomic mass is 10.2. The fourth-order valence-electron chi connectivity index (χ4n) is 1.65. The van der Waals surface area contributed by atoms with Gasteiger partial charge in [-0.1, -0.05) is 6.08 Å². The molecule has 1 aromatic heterocycles. The maximum atomic E-state index is 4.52. The van der Waals surface area contributed by atoms with E-state index < -0.39 is 0 Å². The monoisotopic (exact) mass is 232 g/mol. The van der Waals surface area contributed by atoms with E-state index in [1.165, 1.54) is 18.4 Å². The third kappa shape index (κ3) is 3.27. The molecule has 0 aromatic carbocycles. The van der Waals surface area contributed by atoms with Crippen LogP contribution < -0.4 is 10.2 Å². The van der Waals surface area contributed by atoms with Crippen molar-refractivity contribution >= 4 is 5.95 Å². The van der Waals surface area contributed by atoms with E-state index >= 15 is 0 Å². The number of rotatable bonds is 6. The van der Waals surface area contributed by atoms with E-state index in [2.05, 4.69) is 21.9 Å². The number of likely N-dealkylation sites (N-methyl/N-ethyl adjacent to an activating group) is 1.